The van der Waals surface area contributed by atoms with E-state index in [1.165, 1.54) is 38.3 Å². The van der Waals surface area contributed by atoms with Gasteiger partial charge in [-0.3, -0.25) is 4.90 Å². The highest BCUT2D eigenvalue weighted by atomic mass is 19.1. The van der Waals surface area contributed by atoms with Crippen molar-refractivity contribution in [3.05, 3.63) is 41.5 Å². The molecule has 144 valence electrons. The summed E-state index contributed by atoms with van der Waals surface area (Å²) in [6.07, 6.45) is 6.05. The number of aryl methyl sites for hydroxylation is 1. The lowest BCUT2D eigenvalue weighted by Crippen LogP contribution is -2.64. The molecule has 0 unspecified atom stereocenters. The van der Waals surface area contributed by atoms with Crippen LogP contribution in [0.5, 0.6) is 0 Å². The van der Waals surface area contributed by atoms with Gasteiger partial charge in [-0.05, 0) is 66.9 Å². The van der Waals surface area contributed by atoms with Crippen LogP contribution in [0.3, 0.4) is 0 Å². The van der Waals surface area contributed by atoms with E-state index in [9.17, 15) is 4.39 Å². The Labute approximate surface area is 159 Å². The average Bonchev–Trinajstić information content (AvgIpc) is 3.12. The standard InChI is InChI=1S/C21H27FN4O/c1-14-23-21(24-27-14)25-12-16-11-17(13-25)20(26-8-3-2-7-19(16)26)10-15-5-4-6-18(22)9-15/h4-6,9,16-17,19-20H,2-3,7-8,10-13H2,1H3/t16-,17+,19+,20+/m1/s1. The molecule has 1 aromatic carbocycles. The van der Waals surface area contributed by atoms with Crippen LogP contribution in [0.1, 0.15) is 37.1 Å². The summed E-state index contributed by atoms with van der Waals surface area (Å²) in [5, 5.41) is 4.17. The number of anilines is 1. The topological polar surface area (TPSA) is 45.4 Å². The van der Waals surface area contributed by atoms with Gasteiger partial charge in [-0.2, -0.15) is 4.98 Å². The van der Waals surface area contributed by atoms with Crippen molar-refractivity contribution < 1.29 is 8.91 Å². The highest BCUT2D eigenvalue weighted by molar-refractivity contribution is 5.31. The maximum atomic E-state index is 13.7. The second kappa shape index (κ2) is 6.89. The van der Waals surface area contributed by atoms with Gasteiger partial charge in [0.05, 0.1) is 0 Å². The van der Waals surface area contributed by atoms with Crippen molar-refractivity contribution in [3.63, 3.8) is 0 Å². The van der Waals surface area contributed by atoms with Crippen LogP contribution in [0, 0.1) is 24.6 Å². The molecule has 2 aromatic rings. The third-order valence-electron chi connectivity index (χ3n) is 6.76. The molecule has 0 aliphatic carbocycles. The molecule has 0 radical (unpaired) electrons. The van der Waals surface area contributed by atoms with Crippen molar-refractivity contribution in [1.29, 1.82) is 0 Å². The van der Waals surface area contributed by atoms with E-state index in [1.807, 2.05) is 13.0 Å². The van der Waals surface area contributed by atoms with E-state index < -0.39 is 0 Å². The molecule has 0 N–H and O–H groups in total. The number of rotatable bonds is 3. The zero-order valence-corrected chi connectivity index (χ0v) is 15.9. The first-order chi connectivity index (χ1) is 13.2. The molecule has 3 saturated heterocycles. The van der Waals surface area contributed by atoms with Crippen molar-refractivity contribution in [2.24, 2.45) is 11.8 Å². The number of fused-ring (bicyclic) bond motifs is 4. The molecular weight excluding hydrogens is 343 g/mol. The molecular formula is C21H27FN4O. The summed E-state index contributed by atoms with van der Waals surface area (Å²) in [5.74, 6) is 2.43. The fourth-order valence-corrected chi connectivity index (χ4v) is 5.67. The number of aromatic nitrogens is 2. The van der Waals surface area contributed by atoms with Crippen LogP contribution in [0.4, 0.5) is 10.3 Å². The second-order valence-corrected chi connectivity index (χ2v) is 8.48. The quantitative estimate of drug-likeness (QED) is 0.828. The minimum atomic E-state index is -0.135. The van der Waals surface area contributed by atoms with Crippen LogP contribution in [-0.2, 0) is 6.42 Å². The Morgan fingerprint density at radius 2 is 2.11 bits per heavy atom. The van der Waals surface area contributed by atoms with E-state index in [-0.39, 0.29) is 5.82 Å². The molecule has 2 bridgehead atoms. The zero-order chi connectivity index (χ0) is 18.4. The van der Waals surface area contributed by atoms with Crippen LogP contribution in [0.2, 0.25) is 0 Å². The van der Waals surface area contributed by atoms with Crippen molar-refractivity contribution >= 4 is 5.95 Å². The highest BCUT2D eigenvalue weighted by Gasteiger charge is 2.47. The highest BCUT2D eigenvalue weighted by Crippen LogP contribution is 2.42. The summed E-state index contributed by atoms with van der Waals surface area (Å²) in [7, 11) is 0. The summed E-state index contributed by atoms with van der Waals surface area (Å²) in [4.78, 5) is 9.55. The summed E-state index contributed by atoms with van der Waals surface area (Å²) in [6.45, 7) is 5.00. The first-order valence-electron chi connectivity index (χ1n) is 10.2. The lowest BCUT2D eigenvalue weighted by Gasteiger charge is -2.56. The Kier molecular flexibility index (Phi) is 4.38. The van der Waals surface area contributed by atoms with Gasteiger partial charge in [0, 0.05) is 32.1 Å². The van der Waals surface area contributed by atoms with Crippen LogP contribution in [-0.4, -0.2) is 46.8 Å². The molecule has 4 heterocycles. The SMILES string of the molecule is Cc1nc(N2C[C@H]3C[C@@H](C2)[C@H](Cc2cccc(F)c2)N2CCCC[C@@H]32)no1. The maximum absolute atomic E-state index is 13.7. The van der Waals surface area contributed by atoms with Crippen LogP contribution < -0.4 is 4.90 Å². The molecule has 3 fully saturated rings. The van der Waals surface area contributed by atoms with Crippen LogP contribution in [0.25, 0.3) is 0 Å². The summed E-state index contributed by atoms with van der Waals surface area (Å²) in [5.41, 5.74) is 1.11. The van der Waals surface area contributed by atoms with Crippen molar-refractivity contribution in [3.8, 4) is 0 Å². The lowest BCUT2D eigenvalue weighted by molar-refractivity contribution is -0.0320. The average molecular weight is 370 g/mol. The Morgan fingerprint density at radius 3 is 2.93 bits per heavy atom. The number of benzene rings is 1. The number of halogens is 1. The summed E-state index contributed by atoms with van der Waals surface area (Å²) in [6, 6.07) is 8.23. The minimum absolute atomic E-state index is 0.135. The fourth-order valence-electron chi connectivity index (χ4n) is 5.67. The Morgan fingerprint density at radius 1 is 1.22 bits per heavy atom. The Bertz CT molecular complexity index is 809. The van der Waals surface area contributed by atoms with Gasteiger partial charge in [-0.15, -0.1) is 0 Å². The predicted octanol–water partition coefficient (Wildman–Crippen LogP) is 3.44. The van der Waals surface area contributed by atoms with Gasteiger partial charge in [0.2, 0.25) is 5.89 Å². The van der Waals surface area contributed by atoms with E-state index >= 15 is 0 Å². The molecule has 4 atom stereocenters. The molecule has 0 saturated carbocycles. The first kappa shape index (κ1) is 17.2. The second-order valence-electron chi connectivity index (χ2n) is 8.48. The van der Waals surface area contributed by atoms with Crippen LogP contribution >= 0.6 is 0 Å². The molecule has 0 spiro atoms. The number of hydrogen-bond donors (Lipinski definition) is 0. The molecule has 3 aliphatic rings. The van der Waals surface area contributed by atoms with Gasteiger partial charge in [0.1, 0.15) is 5.82 Å². The smallest absolute Gasteiger partial charge is 0.266 e. The maximum Gasteiger partial charge on any atom is 0.266 e. The molecule has 3 aliphatic heterocycles. The van der Waals surface area contributed by atoms with Crippen molar-refractivity contribution in [2.75, 3.05) is 24.5 Å². The van der Waals surface area contributed by atoms with Gasteiger partial charge in [-0.1, -0.05) is 18.6 Å². The molecule has 0 amide bonds. The van der Waals surface area contributed by atoms with Crippen molar-refractivity contribution in [2.45, 2.75) is 51.1 Å². The Hall–Kier alpha value is -1.95. The predicted molar refractivity (Wildman–Crippen MR) is 101 cm³/mol. The lowest BCUT2D eigenvalue weighted by atomic mass is 9.71. The van der Waals surface area contributed by atoms with Gasteiger partial charge in [0.25, 0.3) is 5.95 Å². The van der Waals surface area contributed by atoms with Crippen molar-refractivity contribution in [1.82, 2.24) is 15.0 Å². The van der Waals surface area contributed by atoms with E-state index in [1.54, 1.807) is 6.07 Å². The number of hydrogen-bond acceptors (Lipinski definition) is 5. The van der Waals surface area contributed by atoms with E-state index in [0.29, 0.717) is 29.8 Å². The van der Waals surface area contributed by atoms with E-state index in [2.05, 4.69) is 26.0 Å². The molecule has 27 heavy (non-hydrogen) atoms. The largest absolute Gasteiger partial charge is 0.338 e. The fraction of sp³-hybridized carbons (Fsp3) is 0.619. The van der Waals surface area contributed by atoms with Crippen LogP contribution in [0.15, 0.2) is 28.8 Å². The summed E-state index contributed by atoms with van der Waals surface area (Å²) < 4.78 is 19.0. The molecule has 6 heteroatoms. The summed E-state index contributed by atoms with van der Waals surface area (Å²) >= 11 is 0. The third kappa shape index (κ3) is 3.24. The normalized spacial score (nSPS) is 31.0. The van der Waals surface area contributed by atoms with Gasteiger partial charge in [-0.25, -0.2) is 4.39 Å². The number of nitrogens with zero attached hydrogens (tertiary/aromatic N) is 4. The van der Waals surface area contributed by atoms with E-state index in [4.69, 9.17) is 4.52 Å². The van der Waals surface area contributed by atoms with E-state index in [0.717, 1.165) is 31.0 Å². The molecule has 5 rings (SSSR count). The molecule has 1 aromatic heterocycles. The number of piperidine rings is 3. The third-order valence-corrected chi connectivity index (χ3v) is 6.76. The zero-order valence-electron chi connectivity index (χ0n) is 15.9. The minimum Gasteiger partial charge on any atom is -0.338 e. The van der Waals surface area contributed by atoms with Gasteiger partial charge in [0.15, 0.2) is 0 Å². The monoisotopic (exact) mass is 370 g/mol. The Balaban J connectivity index is 1.43. The first-order valence-corrected chi connectivity index (χ1v) is 10.2. The molecule has 5 nitrogen and oxygen atoms in total. The van der Waals surface area contributed by atoms with Gasteiger partial charge < -0.3 is 9.42 Å². The van der Waals surface area contributed by atoms with Gasteiger partial charge >= 0.3 is 0 Å².